The van der Waals surface area contributed by atoms with Gasteiger partial charge in [0, 0.05) is 22.9 Å². The molecule has 0 heterocycles. The Kier molecular flexibility index (Phi) is 4.87. The van der Waals surface area contributed by atoms with Gasteiger partial charge in [0.05, 0.1) is 5.56 Å². The summed E-state index contributed by atoms with van der Waals surface area (Å²) in [6, 6.07) is 5.41. The van der Waals surface area contributed by atoms with E-state index in [9.17, 15) is 4.79 Å². The molecule has 4 heteroatoms. The van der Waals surface area contributed by atoms with E-state index < -0.39 is 0 Å². The fourth-order valence-corrected chi connectivity index (χ4v) is 2.46. The van der Waals surface area contributed by atoms with Crippen LogP contribution in [0.2, 0.25) is 0 Å². The quantitative estimate of drug-likeness (QED) is 0.640. The first-order valence-electron chi connectivity index (χ1n) is 5.74. The lowest BCUT2D eigenvalue weighted by molar-refractivity contribution is 0.0960. The van der Waals surface area contributed by atoms with Crippen LogP contribution in [0, 0.1) is 5.92 Å². The fourth-order valence-electron chi connectivity index (χ4n) is 1.30. The number of nitrogen functional groups attached to an aromatic ring is 1. The first-order chi connectivity index (χ1) is 7.95. The maximum atomic E-state index is 11.7. The van der Waals surface area contributed by atoms with Crippen LogP contribution >= 0.6 is 11.8 Å². The van der Waals surface area contributed by atoms with Gasteiger partial charge in [-0.25, -0.2) is 0 Å². The van der Waals surface area contributed by atoms with Gasteiger partial charge in [0.2, 0.25) is 0 Å². The molecule has 3 N–H and O–H groups in total. The van der Waals surface area contributed by atoms with Crippen LogP contribution in [0.4, 0.5) is 5.69 Å². The molecule has 0 saturated heterocycles. The highest BCUT2D eigenvalue weighted by atomic mass is 32.2. The van der Waals surface area contributed by atoms with E-state index in [4.69, 9.17) is 5.73 Å². The predicted octanol–water partition coefficient (Wildman–Crippen LogP) is 2.77. The van der Waals surface area contributed by atoms with Gasteiger partial charge in [-0.3, -0.25) is 4.79 Å². The number of nitrogens with two attached hydrogens (primary N) is 1. The van der Waals surface area contributed by atoms with Crippen LogP contribution in [0.25, 0.3) is 0 Å². The molecular weight excluding hydrogens is 232 g/mol. The van der Waals surface area contributed by atoms with Crippen molar-refractivity contribution in [3.05, 3.63) is 23.8 Å². The van der Waals surface area contributed by atoms with Crippen LogP contribution in [-0.4, -0.2) is 18.2 Å². The minimum Gasteiger partial charge on any atom is -0.399 e. The van der Waals surface area contributed by atoms with Gasteiger partial charge >= 0.3 is 0 Å². The molecule has 0 aliphatic heterocycles. The third-order valence-electron chi connectivity index (χ3n) is 2.73. The van der Waals surface area contributed by atoms with Crippen LogP contribution in [0.15, 0.2) is 23.1 Å². The van der Waals surface area contributed by atoms with Crippen molar-refractivity contribution in [2.24, 2.45) is 5.92 Å². The molecule has 0 bridgehead atoms. The molecule has 94 valence electrons. The molecule has 1 aromatic carbocycles. The largest absolute Gasteiger partial charge is 0.399 e. The molecule has 1 aromatic rings. The number of carbonyl (C=O) groups is 1. The van der Waals surface area contributed by atoms with Crippen molar-refractivity contribution in [2.75, 3.05) is 12.8 Å². The van der Waals surface area contributed by atoms with E-state index in [2.05, 4.69) is 26.1 Å². The lowest BCUT2D eigenvalue weighted by Crippen LogP contribution is -2.19. The number of hydrogen-bond acceptors (Lipinski definition) is 3. The number of hydrogen-bond donors (Lipinski definition) is 2. The van der Waals surface area contributed by atoms with Crippen LogP contribution in [0.1, 0.15) is 31.1 Å². The lowest BCUT2D eigenvalue weighted by Gasteiger charge is -2.17. The van der Waals surface area contributed by atoms with Crippen molar-refractivity contribution in [1.82, 2.24) is 5.32 Å². The minimum absolute atomic E-state index is 0.0662. The van der Waals surface area contributed by atoms with Crippen LogP contribution in [-0.2, 0) is 0 Å². The fraction of sp³-hybridized carbons (Fsp3) is 0.462. The Morgan fingerprint density at radius 2 is 2.00 bits per heavy atom. The molecule has 0 radical (unpaired) electrons. The summed E-state index contributed by atoms with van der Waals surface area (Å²) in [4.78, 5) is 12.7. The molecule has 1 rings (SSSR count). The normalized spacial score (nSPS) is 12.5. The second-order valence-electron chi connectivity index (χ2n) is 4.40. The number of nitrogens with one attached hydrogen (secondary N) is 1. The number of anilines is 1. The average molecular weight is 252 g/mol. The molecular formula is C13H20N2OS. The molecule has 17 heavy (non-hydrogen) atoms. The minimum atomic E-state index is -0.0662. The molecule has 1 unspecified atom stereocenters. The lowest BCUT2D eigenvalue weighted by atomic mass is 10.1. The average Bonchev–Trinajstić information content (AvgIpc) is 2.28. The third kappa shape index (κ3) is 3.66. The molecule has 3 nitrogen and oxygen atoms in total. The monoisotopic (exact) mass is 252 g/mol. The molecule has 1 atom stereocenters. The Labute approximate surface area is 107 Å². The Bertz CT molecular complexity index is 404. The zero-order valence-corrected chi connectivity index (χ0v) is 11.6. The van der Waals surface area contributed by atoms with E-state index in [0.717, 1.165) is 4.90 Å². The Balaban J connectivity index is 3.03. The SMILES string of the molecule is CNC(=O)c1ccc(N)cc1SC(C)C(C)C. The third-order valence-corrected chi connectivity index (χ3v) is 4.24. The standard InChI is InChI=1S/C13H20N2OS/c1-8(2)9(3)17-12-7-10(14)5-6-11(12)13(16)15-4/h5-9H,14H2,1-4H3,(H,15,16). The topological polar surface area (TPSA) is 55.1 Å². The Morgan fingerprint density at radius 1 is 1.35 bits per heavy atom. The van der Waals surface area contributed by atoms with Gasteiger partial charge in [-0.2, -0.15) is 0 Å². The highest BCUT2D eigenvalue weighted by molar-refractivity contribution is 8.00. The van der Waals surface area contributed by atoms with E-state index in [0.29, 0.717) is 22.4 Å². The molecule has 0 spiro atoms. The second kappa shape index (κ2) is 5.96. The number of carbonyl (C=O) groups excluding carboxylic acids is 1. The van der Waals surface area contributed by atoms with Crippen molar-refractivity contribution in [1.29, 1.82) is 0 Å². The number of thioether (sulfide) groups is 1. The molecule has 0 fully saturated rings. The number of benzene rings is 1. The second-order valence-corrected chi connectivity index (χ2v) is 5.82. The smallest absolute Gasteiger partial charge is 0.252 e. The zero-order chi connectivity index (χ0) is 13.0. The summed E-state index contributed by atoms with van der Waals surface area (Å²) in [6.07, 6.45) is 0. The summed E-state index contributed by atoms with van der Waals surface area (Å²) in [5.74, 6) is 0.488. The Hall–Kier alpha value is -1.16. The van der Waals surface area contributed by atoms with E-state index in [-0.39, 0.29) is 5.91 Å². The maximum Gasteiger partial charge on any atom is 0.252 e. The highest BCUT2D eigenvalue weighted by Crippen LogP contribution is 2.31. The number of amides is 1. The molecule has 1 amide bonds. The van der Waals surface area contributed by atoms with Gasteiger partial charge in [0.25, 0.3) is 5.91 Å². The summed E-state index contributed by atoms with van der Waals surface area (Å²) in [7, 11) is 1.64. The van der Waals surface area contributed by atoms with Gasteiger partial charge in [0.1, 0.15) is 0 Å². The van der Waals surface area contributed by atoms with Crippen molar-refractivity contribution < 1.29 is 4.79 Å². The molecule has 0 saturated carbocycles. The summed E-state index contributed by atoms with van der Waals surface area (Å²) < 4.78 is 0. The van der Waals surface area contributed by atoms with Crippen molar-refractivity contribution in [3.8, 4) is 0 Å². The van der Waals surface area contributed by atoms with Gasteiger partial charge in [-0.15, -0.1) is 11.8 Å². The summed E-state index contributed by atoms with van der Waals surface area (Å²) >= 11 is 1.70. The van der Waals surface area contributed by atoms with Crippen LogP contribution in [0.5, 0.6) is 0 Å². The van der Waals surface area contributed by atoms with Crippen molar-refractivity contribution >= 4 is 23.4 Å². The highest BCUT2D eigenvalue weighted by Gasteiger charge is 2.15. The summed E-state index contributed by atoms with van der Waals surface area (Å²) in [5, 5.41) is 3.10. The number of rotatable bonds is 4. The van der Waals surface area contributed by atoms with Crippen LogP contribution < -0.4 is 11.1 Å². The van der Waals surface area contributed by atoms with Crippen molar-refractivity contribution in [3.63, 3.8) is 0 Å². The Morgan fingerprint density at radius 3 is 2.53 bits per heavy atom. The van der Waals surface area contributed by atoms with Gasteiger partial charge < -0.3 is 11.1 Å². The maximum absolute atomic E-state index is 11.7. The van der Waals surface area contributed by atoms with Gasteiger partial charge in [-0.1, -0.05) is 20.8 Å². The zero-order valence-electron chi connectivity index (χ0n) is 10.8. The van der Waals surface area contributed by atoms with Gasteiger partial charge in [-0.05, 0) is 24.1 Å². The van der Waals surface area contributed by atoms with Gasteiger partial charge in [0.15, 0.2) is 0 Å². The van der Waals surface area contributed by atoms with E-state index in [1.165, 1.54) is 0 Å². The molecule has 0 aliphatic rings. The summed E-state index contributed by atoms with van der Waals surface area (Å²) in [5.41, 5.74) is 7.16. The first-order valence-corrected chi connectivity index (χ1v) is 6.62. The van der Waals surface area contributed by atoms with E-state index >= 15 is 0 Å². The van der Waals surface area contributed by atoms with E-state index in [1.54, 1.807) is 30.9 Å². The summed E-state index contributed by atoms with van der Waals surface area (Å²) in [6.45, 7) is 6.50. The van der Waals surface area contributed by atoms with E-state index in [1.807, 2.05) is 6.07 Å². The predicted molar refractivity (Wildman–Crippen MR) is 74.4 cm³/mol. The molecule has 0 aromatic heterocycles. The first kappa shape index (κ1) is 13.9. The van der Waals surface area contributed by atoms with Crippen LogP contribution in [0.3, 0.4) is 0 Å². The molecule has 0 aliphatic carbocycles. The van der Waals surface area contributed by atoms with Crippen molar-refractivity contribution in [2.45, 2.75) is 30.9 Å².